The molecule has 1 rings (SSSR count). The summed E-state index contributed by atoms with van der Waals surface area (Å²) in [5.74, 6) is 0.634. The van der Waals surface area contributed by atoms with E-state index in [0.717, 1.165) is 4.47 Å². The third kappa shape index (κ3) is 3.47. The number of allylic oxidation sites excluding steroid dienone is 2. The summed E-state index contributed by atoms with van der Waals surface area (Å²) in [4.78, 5) is 4.06. The van der Waals surface area contributed by atoms with E-state index in [2.05, 4.69) is 31.4 Å². The van der Waals surface area contributed by atoms with Gasteiger partial charge in [0.15, 0.2) is 5.82 Å². The Bertz CT molecular complexity index is 363. The highest BCUT2D eigenvalue weighted by Gasteiger charge is 1.96. The van der Waals surface area contributed by atoms with Crippen LogP contribution in [0.3, 0.4) is 0 Å². The molecule has 1 aromatic heterocycles. The number of nitrogens with zero attached hydrogens (tertiary/aromatic N) is 2. The molecule has 0 bridgehead atoms. The number of aromatic nitrogens is 1. The molecule has 0 amide bonds. The van der Waals surface area contributed by atoms with E-state index in [1.807, 2.05) is 19.1 Å². The summed E-state index contributed by atoms with van der Waals surface area (Å²) in [7, 11) is 0. The van der Waals surface area contributed by atoms with Gasteiger partial charge >= 0.3 is 0 Å². The van der Waals surface area contributed by atoms with Crippen LogP contribution in [0, 0.1) is 0 Å². The van der Waals surface area contributed by atoms with E-state index in [1.54, 1.807) is 18.3 Å². The van der Waals surface area contributed by atoms with E-state index in [4.69, 9.17) is 11.6 Å². The molecule has 0 saturated heterocycles. The molecule has 14 heavy (non-hydrogen) atoms. The summed E-state index contributed by atoms with van der Waals surface area (Å²) in [6, 6.07) is 3.70. The molecule has 0 aliphatic rings. The van der Waals surface area contributed by atoms with Crippen LogP contribution >= 0.6 is 27.5 Å². The average Bonchev–Trinajstić information content (AvgIpc) is 2.17. The fraction of sp³-hybridized carbons (Fsp3) is 0.111. The van der Waals surface area contributed by atoms with Gasteiger partial charge in [0.05, 0.1) is 4.47 Å². The van der Waals surface area contributed by atoms with Crippen molar-refractivity contribution in [2.24, 2.45) is 5.10 Å². The Labute approximate surface area is 96.0 Å². The van der Waals surface area contributed by atoms with Gasteiger partial charge in [-0.15, -0.1) is 0 Å². The zero-order chi connectivity index (χ0) is 10.4. The lowest BCUT2D eigenvalue weighted by Gasteiger charge is -2.00. The number of pyridine rings is 1. The van der Waals surface area contributed by atoms with Crippen molar-refractivity contribution in [3.05, 3.63) is 35.0 Å². The maximum absolute atomic E-state index is 5.74. The van der Waals surface area contributed by atoms with Crippen molar-refractivity contribution < 1.29 is 0 Å². The minimum absolute atomic E-state index is 0.380. The Hall–Kier alpha value is -0.870. The smallest absolute Gasteiger partial charge is 0.160 e. The Morgan fingerprint density at radius 2 is 2.50 bits per heavy atom. The van der Waals surface area contributed by atoms with E-state index in [9.17, 15) is 0 Å². The summed E-state index contributed by atoms with van der Waals surface area (Å²) in [6.07, 6.45) is 5.17. The number of halogens is 2. The molecule has 3 nitrogen and oxygen atoms in total. The van der Waals surface area contributed by atoms with Crippen molar-refractivity contribution in [3.8, 4) is 0 Å². The first-order valence-electron chi connectivity index (χ1n) is 3.96. The fourth-order valence-electron chi connectivity index (χ4n) is 0.749. The van der Waals surface area contributed by atoms with Gasteiger partial charge in [-0.3, -0.25) is 5.43 Å². The van der Waals surface area contributed by atoms with Crippen LogP contribution in [-0.4, -0.2) is 10.2 Å². The van der Waals surface area contributed by atoms with Crippen LogP contribution in [0.5, 0.6) is 0 Å². The summed E-state index contributed by atoms with van der Waals surface area (Å²) < 4.78 is 0.841. The van der Waals surface area contributed by atoms with Crippen molar-refractivity contribution in [1.29, 1.82) is 0 Å². The third-order valence-electron chi connectivity index (χ3n) is 1.33. The van der Waals surface area contributed by atoms with E-state index in [0.29, 0.717) is 11.0 Å². The monoisotopic (exact) mass is 273 g/mol. The van der Waals surface area contributed by atoms with Gasteiger partial charge in [0.2, 0.25) is 0 Å². The molecule has 0 unspecified atom stereocenters. The summed E-state index contributed by atoms with van der Waals surface area (Å²) in [6.45, 7) is 1.87. The molecule has 1 aromatic rings. The largest absolute Gasteiger partial charge is 0.259 e. The Morgan fingerprint density at radius 1 is 1.71 bits per heavy atom. The molecule has 0 aliphatic carbocycles. The highest BCUT2D eigenvalue weighted by molar-refractivity contribution is 9.10. The predicted octanol–water partition coefficient (Wildman–Crippen LogP) is 3.38. The van der Waals surface area contributed by atoms with Gasteiger partial charge < -0.3 is 0 Å². The van der Waals surface area contributed by atoms with Gasteiger partial charge in [-0.25, -0.2) is 4.98 Å². The summed E-state index contributed by atoms with van der Waals surface area (Å²) in [5, 5.41) is 4.28. The van der Waals surface area contributed by atoms with Crippen molar-refractivity contribution in [3.63, 3.8) is 0 Å². The summed E-state index contributed by atoms with van der Waals surface area (Å²) in [5.41, 5.74) is 2.74. The van der Waals surface area contributed by atoms with Crippen LogP contribution in [0.15, 0.2) is 40.1 Å². The molecule has 0 radical (unpaired) electrons. The molecule has 0 fully saturated rings. The Morgan fingerprint density at radius 3 is 3.14 bits per heavy atom. The molecule has 0 aromatic carbocycles. The zero-order valence-corrected chi connectivity index (χ0v) is 9.88. The van der Waals surface area contributed by atoms with Crippen LogP contribution in [-0.2, 0) is 0 Å². The maximum atomic E-state index is 5.74. The number of nitrogens with one attached hydrogen (secondary N) is 1. The van der Waals surface area contributed by atoms with Crippen LogP contribution < -0.4 is 5.43 Å². The van der Waals surface area contributed by atoms with Gasteiger partial charge in [0.1, 0.15) is 5.17 Å². The molecule has 1 heterocycles. The molecule has 74 valence electrons. The quantitative estimate of drug-likeness (QED) is 0.678. The number of hydrazone groups is 1. The second kappa shape index (κ2) is 5.78. The molecule has 0 aliphatic heterocycles. The van der Waals surface area contributed by atoms with Crippen LogP contribution in [0.25, 0.3) is 0 Å². The minimum atomic E-state index is 0.380. The lowest BCUT2D eigenvalue weighted by molar-refractivity contribution is 1.22. The fourth-order valence-corrected chi connectivity index (χ4v) is 1.26. The highest BCUT2D eigenvalue weighted by atomic mass is 79.9. The standard InChI is InChI=1S/C9H9BrClN3/c1-2-4-8(11)13-14-9-7(10)5-3-6-12-9/h2-6H,1H3,(H,12,14)/b4-2+,13-8+. The predicted molar refractivity (Wildman–Crippen MR) is 63.7 cm³/mol. The molecular weight excluding hydrogens is 265 g/mol. The molecular formula is C9H9BrClN3. The third-order valence-corrected chi connectivity index (χ3v) is 2.18. The van der Waals surface area contributed by atoms with Crippen molar-refractivity contribution in [1.82, 2.24) is 4.98 Å². The lowest BCUT2D eigenvalue weighted by atomic mass is 10.5. The van der Waals surface area contributed by atoms with E-state index >= 15 is 0 Å². The topological polar surface area (TPSA) is 37.3 Å². The van der Waals surface area contributed by atoms with E-state index in [-0.39, 0.29) is 0 Å². The normalized spacial score (nSPS) is 12.1. The zero-order valence-electron chi connectivity index (χ0n) is 7.54. The van der Waals surface area contributed by atoms with Crippen LogP contribution in [0.1, 0.15) is 6.92 Å². The van der Waals surface area contributed by atoms with E-state index in [1.165, 1.54) is 0 Å². The molecule has 1 N–H and O–H groups in total. The molecule has 5 heteroatoms. The first-order chi connectivity index (χ1) is 6.74. The first-order valence-corrected chi connectivity index (χ1v) is 5.13. The van der Waals surface area contributed by atoms with Gasteiger partial charge in [0.25, 0.3) is 0 Å². The van der Waals surface area contributed by atoms with Crippen LogP contribution in [0.2, 0.25) is 0 Å². The highest BCUT2D eigenvalue weighted by Crippen LogP contribution is 2.18. The Balaban J connectivity index is 2.71. The number of anilines is 1. The van der Waals surface area contributed by atoms with E-state index < -0.39 is 0 Å². The van der Waals surface area contributed by atoms with Gasteiger partial charge in [-0.2, -0.15) is 5.10 Å². The van der Waals surface area contributed by atoms with Crippen molar-refractivity contribution in [2.45, 2.75) is 6.92 Å². The van der Waals surface area contributed by atoms with Crippen molar-refractivity contribution in [2.75, 3.05) is 5.43 Å². The van der Waals surface area contributed by atoms with Gasteiger partial charge in [0, 0.05) is 6.20 Å². The maximum Gasteiger partial charge on any atom is 0.160 e. The Kier molecular flexibility index (Phi) is 4.62. The molecule has 0 saturated carbocycles. The average molecular weight is 275 g/mol. The van der Waals surface area contributed by atoms with Gasteiger partial charge in [-0.1, -0.05) is 17.7 Å². The number of rotatable bonds is 3. The second-order valence-corrected chi connectivity index (χ2v) is 3.62. The number of hydrogen-bond donors (Lipinski definition) is 1. The second-order valence-electron chi connectivity index (χ2n) is 2.38. The number of hydrogen-bond acceptors (Lipinski definition) is 3. The SMILES string of the molecule is C/C=C/C(Cl)=N\Nc1ncccc1Br. The minimum Gasteiger partial charge on any atom is -0.259 e. The lowest BCUT2D eigenvalue weighted by Crippen LogP contribution is -1.95. The summed E-state index contributed by atoms with van der Waals surface area (Å²) >= 11 is 9.07. The first kappa shape index (κ1) is 11.2. The van der Waals surface area contributed by atoms with Crippen molar-refractivity contribution >= 4 is 38.5 Å². The molecule has 0 spiro atoms. The van der Waals surface area contributed by atoms with Crippen LogP contribution in [0.4, 0.5) is 5.82 Å². The molecule has 0 atom stereocenters. The van der Waals surface area contributed by atoms with Gasteiger partial charge in [-0.05, 0) is 41.1 Å².